The summed E-state index contributed by atoms with van der Waals surface area (Å²) in [5, 5.41) is 11.9. The van der Waals surface area contributed by atoms with E-state index in [1.54, 1.807) is 11.3 Å². The molecule has 0 spiro atoms. The Morgan fingerprint density at radius 2 is 0.984 bits per heavy atom. The Kier molecular flexibility index (Phi) is 7.44. The van der Waals surface area contributed by atoms with E-state index < -0.39 is 0 Å². The molecule has 0 aliphatic rings. The SMILES string of the molecule is c1ccc(-c2csc3c(-c4ccccc4)nc(-n4c5ccc(-c6ccc7c(c6)c6c8ccccc8ccc6n7-c6ccccc6)cc5c5ccc6ccccc6c54)nc23)cc1. The van der Waals surface area contributed by atoms with Crippen molar-refractivity contribution in [3.63, 3.8) is 0 Å². The van der Waals surface area contributed by atoms with E-state index in [0.717, 1.165) is 60.3 Å². The number of para-hydroxylation sites is 1. The maximum atomic E-state index is 5.50. The zero-order valence-corrected chi connectivity index (χ0v) is 33.6. The molecule has 284 valence electrons. The molecule has 4 aromatic heterocycles. The molecule has 9 aromatic carbocycles. The number of hydrogen-bond donors (Lipinski definition) is 0. The standard InChI is InChI=1S/C56H34N4S/c1-4-14-35(15-5-1)47-34-61-55-52(38-18-6-2-7-19-38)57-56(58-53(47)55)60-48-29-26-39(32-45(48)44-28-24-37-17-11-13-23-43(37)54(44)60)40-27-30-49-46(33-40)51-42-22-12-10-16-36(42)25-31-50(51)59(49)41-20-8-3-9-21-41/h1-34H. The van der Waals surface area contributed by atoms with Gasteiger partial charge in [0.15, 0.2) is 0 Å². The van der Waals surface area contributed by atoms with Crippen molar-refractivity contribution in [3.8, 4) is 45.1 Å². The molecule has 0 radical (unpaired) electrons. The van der Waals surface area contributed by atoms with Gasteiger partial charge >= 0.3 is 0 Å². The Hall–Kier alpha value is -7.86. The van der Waals surface area contributed by atoms with Crippen molar-refractivity contribution in [2.24, 2.45) is 0 Å². The van der Waals surface area contributed by atoms with Crippen LogP contribution in [0.5, 0.6) is 0 Å². The highest BCUT2D eigenvalue weighted by molar-refractivity contribution is 7.18. The lowest BCUT2D eigenvalue weighted by Gasteiger charge is -2.12. The number of benzene rings is 9. The smallest absolute Gasteiger partial charge is 0.235 e. The molecule has 61 heavy (non-hydrogen) atoms. The molecular formula is C56H34N4S. The maximum Gasteiger partial charge on any atom is 0.235 e. The Balaban J connectivity index is 1.08. The first-order chi connectivity index (χ1) is 30.3. The normalized spacial score (nSPS) is 11.9. The van der Waals surface area contributed by atoms with Gasteiger partial charge in [-0.25, -0.2) is 9.97 Å². The lowest BCUT2D eigenvalue weighted by atomic mass is 9.98. The highest BCUT2D eigenvalue weighted by Crippen LogP contribution is 2.43. The fourth-order valence-electron chi connectivity index (χ4n) is 9.61. The van der Waals surface area contributed by atoms with Gasteiger partial charge in [-0.2, -0.15) is 0 Å². The molecule has 0 N–H and O–H groups in total. The third kappa shape index (κ3) is 5.18. The van der Waals surface area contributed by atoms with E-state index in [2.05, 4.69) is 215 Å². The molecule has 4 heterocycles. The van der Waals surface area contributed by atoms with Crippen LogP contribution in [0.4, 0.5) is 0 Å². The first-order valence-electron chi connectivity index (χ1n) is 20.6. The van der Waals surface area contributed by atoms with E-state index in [9.17, 15) is 0 Å². The lowest BCUT2D eigenvalue weighted by Crippen LogP contribution is -2.03. The second kappa shape index (κ2) is 13.3. The van der Waals surface area contributed by atoms with Gasteiger partial charge in [0, 0.05) is 49.1 Å². The van der Waals surface area contributed by atoms with Gasteiger partial charge in [0.05, 0.1) is 38.0 Å². The fraction of sp³-hybridized carbons (Fsp3) is 0. The van der Waals surface area contributed by atoms with Gasteiger partial charge in [0.25, 0.3) is 0 Å². The van der Waals surface area contributed by atoms with Crippen LogP contribution in [-0.4, -0.2) is 19.1 Å². The van der Waals surface area contributed by atoms with Crippen LogP contribution in [-0.2, 0) is 0 Å². The molecule has 0 atom stereocenters. The van der Waals surface area contributed by atoms with Crippen LogP contribution >= 0.6 is 11.3 Å². The summed E-state index contributed by atoms with van der Waals surface area (Å²) >= 11 is 1.71. The van der Waals surface area contributed by atoms with Crippen LogP contribution in [0.15, 0.2) is 206 Å². The zero-order chi connectivity index (χ0) is 40.0. The second-order valence-electron chi connectivity index (χ2n) is 15.8. The van der Waals surface area contributed by atoms with E-state index in [1.165, 1.54) is 54.3 Å². The van der Waals surface area contributed by atoms with Crippen LogP contribution < -0.4 is 0 Å². The van der Waals surface area contributed by atoms with Gasteiger partial charge in [0.1, 0.15) is 0 Å². The molecule has 13 aromatic rings. The second-order valence-corrected chi connectivity index (χ2v) is 16.6. The predicted molar refractivity (Wildman–Crippen MR) is 257 cm³/mol. The summed E-state index contributed by atoms with van der Waals surface area (Å²) in [6.07, 6.45) is 0. The van der Waals surface area contributed by atoms with Crippen LogP contribution in [0.3, 0.4) is 0 Å². The van der Waals surface area contributed by atoms with E-state index in [1.807, 2.05) is 0 Å². The van der Waals surface area contributed by atoms with Gasteiger partial charge in [-0.05, 0) is 75.3 Å². The maximum absolute atomic E-state index is 5.50. The van der Waals surface area contributed by atoms with E-state index in [0.29, 0.717) is 5.95 Å². The van der Waals surface area contributed by atoms with E-state index >= 15 is 0 Å². The summed E-state index contributed by atoms with van der Waals surface area (Å²) < 4.78 is 5.79. The first-order valence-corrected chi connectivity index (χ1v) is 21.5. The third-order valence-corrected chi connectivity index (χ3v) is 13.4. The number of aromatic nitrogens is 4. The summed E-state index contributed by atoms with van der Waals surface area (Å²) in [4.78, 5) is 11.0. The molecule has 5 heteroatoms. The average Bonchev–Trinajstić information content (AvgIpc) is 4.02. The minimum Gasteiger partial charge on any atom is -0.309 e. The topological polar surface area (TPSA) is 35.6 Å². The molecule has 0 saturated carbocycles. The summed E-state index contributed by atoms with van der Waals surface area (Å²) in [6.45, 7) is 0. The summed E-state index contributed by atoms with van der Waals surface area (Å²) in [7, 11) is 0. The van der Waals surface area contributed by atoms with Crippen LogP contribution in [0, 0.1) is 0 Å². The fourth-order valence-corrected chi connectivity index (χ4v) is 10.6. The van der Waals surface area contributed by atoms with Gasteiger partial charge in [0.2, 0.25) is 5.95 Å². The number of hydrogen-bond acceptors (Lipinski definition) is 3. The molecule has 4 nitrogen and oxygen atoms in total. The molecule has 0 saturated heterocycles. The third-order valence-electron chi connectivity index (χ3n) is 12.4. The van der Waals surface area contributed by atoms with Crippen molar-refractivity contribution >= 4 is 86.7 Å². The van der Waals surface area contributed by atoms with Crippen LogP contribution in [0.25, 0.3) is 121 Å². The van der Waals surface area contributed by atoms with Crippen molar-refractivity contribution in [1.82, 2.24) is 19.1 Å². The van der Waals surface area contributed by atoms with Crippen molar-refractivity contribution in [2.75, 3.05) is 0 Å². The van der Waals surface area contributed by atoms with Crippen molar-refractivity contribution in [2.45, 2.75) is 0 Å². The monoisotopic (exact) mass is 794 g/mol. The highest BCUT2D eigenvalue weighted by atomic mass is 32.1. The van der Waals surface area contributed by atoms with Crippen molar-refractivity contribution < 1.29 is 0 Å². The summed E-state index contributed by atoms with van der Waals surface area (Å²) in [5.41, 5.74) is 13.3. The van der Waals surface area contributed by atoms with Crippen molar-refractivity contribution in [1.29, 1.82) is 0 Å². The largest absolute Gasteiger partial charge is 0.309 e. The highest BCUT2D eigenvalue weighted by Gasteiger charge is 2.23. The Labute approximate surface area is 354 Å². The molecule has 0 aliphatic heterocycles. The molecule has 0 fully saturated rings. The van der Waals surface area contributed by atoms with Crippen LogP contribution in [0.2, 0.25) is 0 Å². The Morgan fingerprint density at radius 1 is 0.393 bits per heavy atom. The number of fused-ring (bicyclic) bond motifs is 11. The molecule has 0 amide bonds. The minimum absolute atomic E-state index is 0.660. The summed E-state index contributed by atoms with van der Waals surface area (Å²) in [6, 6.07) is 72.2. The number of thiophene rings is 1. The van der Waals surface area contributed by atoms with Gasteiger partial charge in [-0.3, -0.25) is 4.57 Å². The average molecular weight is 795 g/mol. The lowest BCUT2D eigenvalue weighted by molar-refractivity contribution is 1.02. The minimum atomic E-state index is 0.660. The first kappa shape index (κ1) is 34.0. The van der Waals surface area contributed by atoms with Crippen molar-refractivity contribution in [3.05, 3.63) is 206 Å². The quantitative estimate of drug-likeness (QED) is 0.174. The van der Waals surface area contributed by atoms with E-state index in [-0.39, 0.29) is 0 Å². The molecule has 13 rings (SSSR count). The molecule has 0 unspecified atom stereocenters. The molecule has 0 bridgehead atoms. The molecular weight excluding hydrogens is 761 g/mol. The number of rotatable bonds is 5. The zero-order valence-electron chi connectivity index (χ0n) is 32.8. The van der Waals surface area contributed by atoms with Gasteiger partial charge in [-0.1, -0.05) is 158 Å². The van der Waals surface area contributed by atoms with E-state index in [4.69, 9.17) is 9.97 Å². The van der Waals surface area contributed by atoms with Gasteiger partial charge < -0.3 is 4.57 Å². The summed E-state index contributed by atoms with van der Waals surface area (Å²) in [5.74, 6) is 0.660. The Bertz CT molecular complexity index is 3860. The predicted octanol–water partition coefficient (Wildman–Crippen LogP) is 15.2. The van der Waals surface area contributed by atoms with Gasteiger partial charge in [-0.15, -0.1) is 11.3 Å². The van der Waals surface area contributed by atoms with Crippen LogP contribution in [0.1, 0.15) is 0 Å². The Morgan fingerprint density at radius 3 is 1.74 bits per heavy atom. The molecule has 0 aliphatic carbocycles. The number of nitrogens with zero attached hydrogens (tertiary/aromatic N) is 4.